The number of methoxy groups -OCH3 is 1. The lowest BCUT2D eigenvalue weighted by molar-refractivity contribution is -0.389. The van der Waals surface area contributed by atoms with Crippen molar-refractivity contribution >= 4 is 5.82 Å². The van der Waals surface area contributed by atoms with Gasteiger partial charge in [-0.2, -0.15) is 0 Å². The zero-order valence-corrected chi connectivity index (χ0v) is 15.1. The fraction of sp³-hybridized carbons (Fsp3) is 0.263. The van der Waals surface area contributed by atoms with Crippen LogP contribution in [0.1, 0.15) is 5.56 Å². The summed E-state index contributed by atoms with van der Waals surface area (Å²) in [6, 6.07) is 12.0. The van der Waals surface area contributed by atoms with Crippen molar-refractivity contribution in [2.24, 2.45) is 0 Å². The van der Waals surface area contributed by atoms with Gasteiger partial charge in [0.15, 0.2) is 0 Å². The van der Waals surface area contributed by atoms with Crippen molar-refractivity contribution in [2.75, 3.05) is 13.7 Å². The molecule has 0 N–H and O–H groups in total. The average molecular weight is 382 g/mol. The van der Waals surface area contributed by atoms with Crippen LogP contribution >= 0.6 is 0 Å². The number of hydrogen-bond acceptors (Lipinski definition) is 7. The van der Waals surface area contributed by atoms with Crippen molar-refractivity contribution in [2.45, 2.75) is 19.3 Å². The van der Waals surface area contributed by atoms with Crippen molar-refractivity contribution in [1.82, 2.24) is 14.5 Å². The van der Waals surface area contributed by atoms with Gasteiger partial charge in [-0.25, -0.2) is 4.98 Å². The Morgan fingerprint density at radius 3 is 2.71 bits per heavy atom. The minimum absolute atomic E-state index is 0.202. The number of rotatable bonds is 6. The van der Waals surface area contributed by atoms with Gasteiger partial charge < -0.3 is 24.3 Å². The number of benzene rings is 1. The Labute approximate surface area is 160 Å². The van der Waals surface area contributed by atoms with E-state index in [1.54, 1.807) is 17.9 Å². The summed E-state index contributed by atoms with van der Waals surface area (Å²) in [5, 5.41) is 10.8. The van der Waals surface area contributed by atoms with Crippen LogP contribution in [-0.2, 0) is 17.9 Å². The molecule has 0 aliphatic carbocycles. The number of ether oxygens (including phenoxy) is 3. The number of nitrogens with zero attached hydrogens (tertiary/aromatic N) is 4. The van der Waals surface area contributed by atoms with E-state index in [4.69, 9.17) is 14.2 Å². The maximum absolute atomic E-state index is 10.8. The Morgan fingerprint density at radius 1 is 1.25 bits per heavy atom. The summed E-state index contributed by atoms with van der Waals surface area (Å²) in [6.45, 7) is 1.19. The molecule has 9 heteroatoms. The summed E-state index contributed by atoms with van der Waals surface area (Å²) < 4.78 is 18.0. The van der Waals surface area contributed by atoms with Crippen LogP contribution in [-0.4, -0.2) is 39.3 Å². The summed E-state index contributed by atoms with van der Waals surface area (Å²) in [6.07, 6.45) is 2.93. The molecule has 0 fully saturated rings. The zero-order chi connectivity index (χ0) is 19.5. The second-order valence-corrected chi connectivity index (χ2v) is 6.32. The Hall–Kier alpha value is -3.46. The molecule has 9 nitrogen and oxygen atoms in total. The van der Waals surface area contributed by atoms with E-state index in [-0.39, 0.29) is 17.9 Å². The molecule has 3 aromatic rings. The summed E-state index contributed by atoms with van der Waals surface area (Å²) >= 11 is 0. The molecule has 0 saturated carbocycles. The van der Waals surface area contributed by atoms with Gasteiger partial charge in [-0.05, 0) is 22.1 Å². The molecule has 0 radical (unpaired) electrons. The first-order valence-corrected chi connectivity index (χ1v) is 8.67. The third-order valence-corrected chi connectivity index (χ3v) is 4.43. The topological polar surface area (TPSA) is 102 Å². The fourth-order valence-corrected chi connectivity index (χ4v) is 2.94. The molecule has 3 heterocycles. The summed E-state index contributed by atoms with van der Waals surface area (Å²) in [5.41, 5.74) is 3.08. The number of imidazole rings is 1. The lowest BCUT2D eigenvalue weighted by Gasteiger charge is -2.22. The van der Waals surface area contributed by atoms with Crippen molar-refractivity contribution in [3.05, 3.63) is 64.5 Å². The van der Waals surface area contributed by atoms with Gasteiger partial charge in [-0.15, -0.1) is 0 Å². The van der Waals surface area contributed by atoms with E-state index in [1.165, 1.54) is 6.20 Å². The maximum atomic E-state index is 10.8. The van der Waals surface area contributed by atoms with Crippen molar-refractivity contribution < 1.29 is 19.1 Å². The monoisotopic (exact) mass is 382 g/mol. The number of fused-ring (bicyclic) bond motifs is 1. The predicted octanol–water partition coefficient (Wildman–Crippen LogP) is 2.84. The van der Waals surface area contributed by atoms with Gasteiger partial charge in [0, 0.05) is 22.8 Å². The van der Waals surface area contributed by atoms with Gasteiger partial charge >= 0.3 is 11.8 Å². The molecule has 1 aliphatic heterocycles. The van der Waals surface area contributed by atoms with E-state index < -0.39 is 4.92 Å². The van der Waals surface area contributed by atoms with E-state index in [2.05, 4.69) is 9.97 Å². The first-order chi connectivity index (χ1) is 13.6. The van der Waals surface area contributed by atoms with E-state index in [0.717, 1.165) is 16.7 Å². The molecular weight excluding hydrogens is 364 g/mol. The third-order valence-electron chi connectivity index (χ3n) is 4.43. The molecule has 28 heavy (non-hydrogen) atoms. The van der Waals surface area contributed by atoms with Gasteiger partial charge in [0.25, 0.3) is 0 Å². The second-order valence-electron chi connectivity index (χ2n) is 6.32. The largest absolute Gasteiger partial charge is 0.481 e. The Balaban J connectivity index is 1.35. The minimum atomic E-state index is -0.537. The number of aromatic nitrogens is 3. The molecule has 1 aliphatic rings. The van der Waals surface area contributed by atoms with Crippen LogP contribution in [0.2, 0.25) is 0 Å². The van der Waals surface area contributed by atoms with Crippen LogP contribution in [0, 0.1) is 10.1 Å². The standard InChI is InChI=1S/C19H18N4O5/c1-26-18-7-6-15(8-20-18)14-4-2-13(3-5-14)11-27-16-9-22-10-17(23(24)25)21-19(22)28-12-16/h2-8,10,16H,9,11-12H2,1H3/t16-/m0/s1. The lowest BCUT2D eigenvalue weighted by atomic mass is 10.1. The normalized spacial score (nSPS) is 15.5. The molecule has 0 unspecified atom stereocenters. The highest BCUT2D eigenvalue weighted by atomic mass is 16.6. The van der Waals surface area contributed by atoms with Gasteiger partial charge in [0.05, 0.1) is 20.3 Å². The molecule has 1 atom stereocenters. The van der Waals surface area contributed by atoms with Gasteiger partial charge in [-0.1, -0.05) is 24.3 Å². The quantitative estimate of drug-likeness (QED) is 0.477. The lowest BCUT2D eigenvalue weighted by Crippen LogP contribution is -2.32. The summed E-state index contributed by atoms with van der Waals surface area (Å²) in [4.78, 5) is 18.3. The van der Waals surface area contributed by atoms with E-state index in [0.29, 0.717) is 25.6 Å². The highest BCUT2D eigenvalue weighted by molar-refractivity contribution is 5.62. The molecular formula is C19H18N4O5. The minimum Gasteiger partial charge on any atom is -0.481 e. The number of nitro groups is 1. The molecule has 2 aromatic heterocycles. The number of hydrogen-bond donors (Lipinski definition) is 0. The van der Waals surface area contributed by atoms with Crippen LogP contribution in [0.5, 0.6) is 11.9 Å². The van der Waals surface area contributed by atoms with Gasteiger partial charge in [0.1, 0.15) is 18.9 Å². The van der Waals surface area contributed by atoms with E-state index in [1.807, 2.05) is 36.4 Å². The zero-order valence-electron chi connectivity index (χ0n) is 15.1. The molecule has 144 valence electrons. The Morgan fingerprint density at radius 2 is 2.04 bits per heavy atom. The first kappa shape index (κ1) is 17.9. The van der Waals surface area contributed by atoms with Crippen molar-refractivity contribution in [3.8, 4) is 23.0 Å². The maximum Gasteiger partial charge on any atom is 0.414 e. The summed E-state index contributed by atoms with van der Waals surface area (Å²) in [7, 11) is 1.59. The van der Waals surface area contributed by atoms with Crippen molar-refractivity contribution in [1.29, 1.82) is 0 Å². The van der Waals surface area contributed by atoms with Crippen LogP contribution in [0.3, 0.4) is 0 Å². The molecule has 1 aromatic carbocycles. The van der Waals surface area contributed by atoms with Crippen LogP contribution in [0.15, 0.2) is 48.8 Å². The average Bonchev–Trinajstić information content (AvgIpc) is 3.16. The summed E-state index contributed by atoms with van der Waals surface area (Å²) in [5.74, 6) is 0.356. The highest BCUT2D eigenvalue weighted by Crippen LogP contribution is 2.24. The molecule has 0 spiro atoms. The van der Waals surface area contributed by atoms with Crippen LogP contribution < -0.4 is 9.47 Å². The molecule has 0 amide bonds. The van der Waals surface area contributed by atoms with Crippen LogP contribution in [0.25, 0.3) is 11.1 Å². The molecule has 0 bridgehead atoms. The second kappa shape index (κ2) is 7.65. The third kappa shape index (κ3) is 3.79. The van der Waals surface area contributed by atoms with Gasteiger partial charge in [-0.3, -0.25) is 4.57 Å². The molecule has 4 rings (SSSR count). The Bertz CT molecular complexity index is 969. The predicted molar refractivity (Wildman–Crippen MR) is 99.2 cm³/mol. The SMILES string of the molecule is COc1ccc(-c2ccc(CO[C@@H]3COc4nc([N+](=O)[O-])cn4C3)cc2)cn1. The van der Waals surface area contributed by atoms with E-state index >= 15 is 0 Å². The number of pyridine rings is 1. The van der Waals surface area contributed by atoms with E-state index in [9.17, 15) is 10.1 Å². The first-order valence-electron chi connectivity index (χ1n) is 8.67. The van der Waals surface area contributed by atoms with Crippen molar-refractivity contribution in [3.63, 3.8) is 0 Å². The van der Waals surface area contributed by atoms with Crippen LogP contribution in [0.4, 0.5) is 5.82 Å². The fourth-order valence-electron chi connectivity index (χ4n) is 2.94. The molecule has 0 saturated heterocycles. The Kier molecular flexibility index (Phi) is 4.90. The smallest absolute Gasteiger partial charge is 0.414 e. The highest BCUT2D eigenvalue weighted by Gasteiger charge is 2.28. The van der Waals surface area contributed by atoms with Gasteiger partial charge in [0.2, 0.25) is 5.88 Å².